The molecule has 7 nitrogen and oxygen atoms in total. The molecule has 1 rings (SSSR count). The molecule has 0 aromatic carbocycles. The average Bonchev–Trinajstić information content (AvgIpc) is 2.35. The summed E-state index contributed by atoms with van der Waals surface area (Å²) < 4.78 is 5.09. The number of carbonyl (C=O) groups is 3. The van der Waals surface area contributed by atoms with E-state index in [2.05, 4.69) is 5.32 Å². The fourth-order valence-electron chi connectivity index (χ4n) is 2.20. The van der Waals surface area contributed by atoms with Crippen molar-refractivity contribution in [1.82, 2.24) is 10.2 Å². The number of carbonyl (C=O) groups excluding carboxylic acids is 2. The molecule has 2 amide bonds. The molecule has 0 saturated carbocycles. The van der Waals surface area contributed by atoms with Gasteiger partial charge >= 0.3 is 12.1 Å². The van der Waals surface area contributed by atoms with Crippen LogP contribution in [-0.4, -0.2) is 52.7 Å². The Morgan fingerprint density at radius 1 is 1.33 bits per heavy atom. The summed E-state index contributed by atoms with van der Waals surface area (Å²) in [4.78, 5) is 36.4. The Labute approximate surface area is 124 Å². The van der Waals surface area contributed by atoms with Crippen molar-refractivity contribution in [3.63, 3.8) is 0 Å². The van der Waals surface area contributed by atoms with Crippen LogP contribution in [0.5, 0.6) is 0 Å². The predicted molar refractivity (Wildman–Crippen MR) is 75.8 cm³/mol. The summed E-state index contributed by atoms with van der Waals surface area (Å²) in [6, 6.07) is -0.743. The monoisotopic (exact) mass is 300 g/mol. The molecule has 120 valence electrons. The molecule has 1 heterocycles. The Balaban J connectivity index is 2.54. The highest BCUT2D eigenvalue weighted by Crippen LogP contribution is 2.17. The number of aliphatic carboxylic acids is 1. The first kappa shape index (κ1) is 17.3. The van der Waals surface area contributed by atoms with Crippen LogP contribution in [0.2, 0.25) is 0 Å². The number of amides is 2. The van der Waals surface area contributed by atoms with Crippen molar-refractivity contribution in [2.75, 3.05) is 13.1 Å². The molecule has 1 fully saturated rings. The second-order valence-corrected chi connectivity index (χ2v) is 6.33. The van der Waals surface area contributed by atoms with Crippen molar-refractivity contribution in [1.29, 1.82) is 0 Å². The Morgan fingerprint density at radius 3 is 2.48 bits per heavy atom. The van der Waals surface area contributed by atoms with Crippen LogP contribution in [0.4, 0.5) is 4.79 Å². The van der Waals surface area contributed by atoms with Crippen LogP contribution in [0.25, 0.3) is 0 Å². The van der Waals surface area contributed by atoms with Gasteiger partial charge in [-0.3, -0.25) is 9.59 Å². The van der Waals surface area contributed by atoms with Crippen LogP contribution >= 0.6 is 0 Å². The number of hydrogen-bond acceptors (Lipinski definition) is 4. The van der Waals surface area contributed by atoms with Crippen LogP contribution in [0.1, 0.15) is 40.5 Å². The van der Waals surface area contributed by atoms with Crippen molar-refractivity contribution in [3.05, 3.63) is 0 Å². The minimum atomic E-state index is -0.889. The van der Waals surface area contributed by atoms with E-state index in [1.165, 1.54) is 4.90 Å². The quantitative estimate of drug-likeness (QED) is 0.817. The number of alkyl carbamates (subject to hydrolysis) is 1. The molecular weight excluding hydrogens is 276 g/mol. The molecular formula is C14H24N2O5. The van der Waals surface area contributed by atoms with Crippen LogP contribution in [0.3, 0.4) is 0 Å². The summed E-state index contributed by atoms with van der Waals surface area (Å²) >= 11 is 0. The summed E-state index contributed by atoms with van der Waals surface area (Å²) in [5.41, 5.74) is -0.633. The van der Waals surface area contributed by atoms with Gasteiger partial charge in [0.25, 0.3) is 0 Å². The number of ether oxygens (including phenoxy) is 1. The summed E-state index contributed by atoms with van der Waals surface area (Å²) in [7, 11) is 0. The van der Waals surface area contributed by atoms with E-state index in [9.17, 15) is 14.4 Å². The van der Waals surface area contributed by atoms with Gasteiger partial charge in [-0.05, 0) is 40.5 Å². The van der Waals surface area contributed by atoms with Crippen LogP contribution < -0.4 is 5.32 Å². The van der Waals surface area contributed by atoms with Crippen molar-refractivity contribution < 1.29 is 24.2 Å². The van der Waals surface area contributed by atoms with Crippen LogP contribution in [0, 0.1) is 5.92 Å². The fourth-order valence-corrected chi connectivity index (χ4v) is 2.20. The summed E-state index contributed by atoms with van der Waals surface area (Å²) in [5, 5.41) is 11.5. The molecule has 0 spiro atoms. The highest BCUT2D eigenvalue weighted by molar-refractivity contribution is 5.86. The lowest BCUT2D eigenvalue weighted by molar-refractivity contribution is -0.146. The van der Waals surface area contributed by atoms with Crippen molar-refractivity contribution in [3.8, 4) is 0 Å². The van der Waals surface area contributed by atoms with E-state index in [0.717, 1.165) is 0 Å². The van der Waals surface area contributed by atoms with Gasteiger partial charge in [-0.15, -0.1) is 0 Å². The lowest BCUT2D eigenvalue weighted by Gasteiger charge is -2.32. The smallest absolute Gasteiger partial charge is 0.408 e. The van der Waals surface area contributed by atoms with Crippen molar-refractivity contribution in [2.45, 2.75) is 52.2 Å². The highest BCUT2D eigenvalue weighted by atomic mass is 16.6. The standard InChI is InChI=1S/C14H24N2O5/c1-9(15-13(20)21-14(2,3)4)11(17)16-7-5-6-10(8-16)12(18)19/h9-10H,5-8H2,1-4H3,(H,15,20)(H,18,19). The maximum atomic E-state index is 12.2. The summed E-state index contributed by atoms with van der Waals surface area (Å²) in [6.07, 6.45) is 0.574. The molecule has 21 heavy (non-hydrogen) atoms. The molecule has 1 saturated heterocycles. The second-order valence-electron chi connectivity index (χ2n) is 6.33. The number of carboxylic acids is 1. The number of nitrogens with one attached hydrogen (secondary N) is 1. The first-order valence-electron chi connectivity index (χ1n) is 7.11. The molecule has 0 aromatic rings. The number of nitrogens with zero attached hydrogens (tertiary/aromatic N) is 1. The minimum absolute atomic E-state index is 0.189. The largest absolute Gasteiger partial charge is 0.481 e. The van der Waals surface area contributed by atoms with Crippen molar-refractivity contribution in [2.24, 2.45) is 5.92 Å². The van der Waals surface area contributed by atoms with E-state index < -0.39 is 29.6 Å². The number of piperidine rings is 1. The number of likely N-dealkylation sites (tertiary alicyclic amines) is 1. The van der Waals surface area contributed by atoms with Gasteiger partial charge in [0.15, 0.2) is 0 Å². The van der Waals surface area contributed by atoms with Crippen molar-refractivity contribution >= 4 is 18.0 Å². The predicted octanol–water partition coefficient (Wildman–Crippen LogP) is 1.22. The van der Waals surface area contributed by atoms with Gasteiger partial charge in [-0.1, -0.05) is 0 Å². The number of rotatable bonds is 3. The zero-order valence-electron chi connectivity index (χ0n) is 13.0. The van der Waals surface area contributed by atoms with Gasteiger partial charge in [-0.25, -0.2) is 4.79 Å². The third-order valence-electron chi connectivity index (χ3n) is 3.19. The third-order valence-corrected chi connectivity index (χ3v) is 3.19. The second kappa shape index (κ2) is 6.78. The van der Waals surface area contributed by atoms with Gasteiger partial charge in [0.1, 0.15) is 11.6 Å². The molecule has 1 aliphatic heterocycles. The van der Waals surface area contributed by atoms with E-state index >= 15 is 0 Å². The Bertz CT molecular complexity index is 416. The summed E-state index contributed by atoms with van der Waals surface area (Å²) in [6.45, 7) is 7.48. The normalized spacial score (nSPS) is 20.6. The number of carboxylic acid groups (broad SMARTS) is 1. The maximum Gasteiger partial charge on any atom is 0.408 e. The van der Waals surface area contributed by atoms with E-state index in [1.54, 1.807) is 27.7 Å². The van der Waals surface area contributed by atoms with Gasteiger partial charge in [0, 0.05) is 13.1 Å². The van der Waals surface area contributed by atoms with Gasteiger partial charge < -0.3 is 20.1 Å². The molecule has 0 radical (unpaired) electrons. The Kier molecular flexibility index (Phi) is 5.57. The zero-order valence-corrected chi connectivity index (χ0v) is 13.0. The Hall–Kier alpha value is -1.79. The summed E-state index contributed by atoms with van der Waals surface area (Å²) in [5.74, 6) is -1.71. The van der Waals surface area contributed by atoms with E-state index in [-0.39, 0.29) is 12.5 Å². The topological polar surface area (TPSA) is 95.9 Å². The first-order valence-corrected chi connectivity index (χ1v) is 7.11. The van der Waals surface area contributed by atoms with E-state index in [1.807, 2.05) is 0 Å². The lowest BCUT2D eigenvalue weighted by Crippen LogP contribution is -2.51. The van der Waals surface area contributed by atoms with E-state index in [4.69, 9.17) is 9.84 Å². The van der Waals surface area contributed by atoms with Crippen LogP contribution in [0.15, 0.2) is 0 Å². The molecule has 2 unspecified atom stereocenters. The molecule has 0 aliphatic carbocycles. The van der Waals surface area contributed by atoms with Gasteiger partial charge in [0.2, 0.25) is 5.91 Å². The minimum Gasteiger partial charge on any atom is -0.481 e. The van der Waals surface area contributed by atoms with E-state index in [0.29, 0.717) is 19.4 Å². The highest BCUT2D eigenvalue weighted by Gasteiger charge is 2.31. The number of hydrogen-bond donors (Lipinski definition) is 2. The Morgan fingerprint density at radius 2 is 1.95 bits per heavy atom. The van der Waals surface area contributed by atoms with Gasteiger partial charge in [-0.2, -0.15) is 0 Å². The fraction of sp³-hybridized carbons (Fsp3) is 0.786. The molecule has 2 N–H and O–H groups in total. The average molecular weight is 300 g/mol. The zero-order chi connectivity index (χ0) is 16.2. The SMILES string of the molecule is CC(NC(=O)OC(C)(C)C)C(=O)N1CCCC(C(=O)O)C1. The first-order chi connectivity index (χ1) is 9.60. The molecule has 1 aliphatic rings. The van der Waals surface area contributed by atoms with Gasteiger partial charge in [0.05, 0.1) is 5.92 Å². The van der Waals surface area contributed by atoms with Crippen LogP contribution in [-0.2, 0) is 14.3 Å². The maximum absolute atomic E-state index is 12.2. The third kappa shape index (κ3) is 5.61. The molecule has 7 heteroatoms. The molecule has 0 bridgehead atoms. The molecule has 2 atom stereocenters. The lowest BCUT2D eigenvalue weighted by atomic mass is 9.98. The molecule has 0 aromatic heterocycles.